The Kier molecular flexibility index (Phi) is 5.08. The summed E-state index contributed by atoms with van der Waals surface area (Å²) in [5, 5.41) is 4.19. The number of aromatic nitrogens is 1. The summed E-state index contributed by atoms with van der Waals surface area (Å²) in [5.41, 5.74) is 2.07. The Morgan fingerprint density at radius 3 is 2.83 bits per heavy atom. The minimum absolute atomic E-state index is 0.0837. The van der Waals surface area contributed by atoms with Gasteiger partial charge in [0.25, 0.3) is 0 Å². The maximum atomic E-state index is 11.6. The highest BCUT2D eigenvalue weighted by Gasteiger charge is 2.21. The first kappa shape index (κ1) is 18.4. The quantitative estimate of drug-likeness (QED) is 0.701. The van der Waals surface area contributed by atoms with Crippen molar-refractivity contribution in [2.45, 2.75) is 12.8 Å². The number of aryl methyl sites for hydroxylation is 1. The molecule has 1 fully saturated rings. The van der Waals surface area contributed by atoms with Gasteiger partial charge in [0.15, 0.2) is 0 Å². The van der Waals surface area contributed by atoms with Crippen LogP contribution in [-0.2, 0) is 11.2 Å². The molecule has 150 valence electrons. The van der Waals surface area contributed by atoms with Crippen molar-refractivity contribution >= 4 is 39.0 Å². The van der Waals surface area contributed by atoms with Crippen molar-refractivity contribution in [3.05, 3.63) is 48.0 Å². The Morgan fingerprint density at radius 2 is 1.93 bits per heavy atom. The van der Waals surface area contributed by atoms with E-state index in [1.165, 1.54) is 15.6 Å². The standard InChI is InChI=1S/C22H24N4O2S/c27-21-8-6-16-5-7-17(15-19(16)23-21)28-14-13-25-9-11-26(12-10-25)22-18-3-1-2-4-20(18)29-24-22/h1-5,7,15H,6,8-14H2,(H,23,27). The van der Waals surface area contributed by atoms with E-state index in [2.05, 4.69) is 49.8 Å². The third-order valence-electron chi connectivity index (χ3n) is 5.68. The number of hydrogen-bond acceptors (Lipinski definition) is 6. The maximum Gasteiger partial charge on any atom is 0.224 e. The molecule has 5 rings (SSSR count). The van der Waals surface area contributed by atoms with Crippen molar-refractivity contribution in [1.29, 1.82) is 0 Å². The topological polar surface area (TPSA) is 57.7 Å². The van der Waals surface area contributed by atoms with Crippen molar-refractivity contribution in [2.75, 3.05) is 49.5 Å². The van der Waals surface area contributed by atoms with E-state index in [-0.39, 0.29) is 5.91 Å². The van der Waals surface area contributed by atoms with Crippen LogP contribution in [0.4, 0.5) is 11.5 Å². The van der Waals surface area contributed by atoms with Crippen LogP contribution in [0.2, 0.25) is 0 Å². The first-order chi connectivity index (χ1) is 14.3. The van der Waals surface area contributed by atoms with Gasteiger partial charge in [-0.1, -0.05) is 18.2 Å². The van der Waals surface area contributed by atoms with Gasteiger partial charge in [-0.15, -0.1) is 0 Å². The second kappa shape index (κ2) is 8.00. The number of piperazine rings is 1. The molecule has 2 aliphatic rings. The molecule has 0 saturated carbocycles. The van der Waals surface area contributed by atoms with E-state index in [9.17, 15) is 4.79 Å². The van der Waals surface area contributed by atoms with E-state index in [0.29, 0.717) is 13.0 Å². The van der Waals surface area contributed by atoms with Gasteiger partial charge in [0.2, 0.25) is 5.91 Å². The second-order valence-corrected chi connectivity index (χ2v) is 8.35. The van der Waals surface area contributed by atoms with Gasteiger partial charge in [-0.2, -0.15) is 4.37 Å². The fourth-order valence-electron chi connectivity index (χ4n) is 4.02. The van der Waals surface area contributed by atoms with Crippen LogP contribution < -0.4 is 15.0 Å². The average molecular weight is 409 g/mol. The van der Waals surface area contributed by atoms with E-state index in [1.807, 2.05) is 12.1 Å². The van der Waals surface area contributed by atoms with Crippen LogP contribution in [0.25, 0.3) is 10.1 Å². The molecule has 0 radical (unpaired) electrons. The molecule has 3 aromatic rings. The zero-order valence-corrected chi connectivity index (χ0v) is 17.1. The van der Waals surface area contributed by atoms with E-state index in [4.69, 9.17) is 4.74 Å². The largest absolute Gasteiger partial charge is 0.492 e. The number of anilines is 2. The molecule has 7 heteroatoms. The number of hydrogen-bond donors (Lipinski definition) is 1. The smallest absolute Gasteiger partial charge is 0.224 e. The third-order valence-corrected chi connectivity index (χ3v) is 6.50. The number of carbonyl (C=O) groups excluding carboxylic acids is 1. The molecule has 1 N–H and O–H groups in total. The fourth-order valence-corrected chi connectivity index (χ4v) is 4.81. The van der Waals surface area contributed by atoms with Gasteiger partial charge in [0.05, 0.1) is 4.70 Å². The third kappa shape index (κ3) is 3.93. The van der Waals surface area contributed by atoms with E-state index < -0.39 is 0 Å². The summed E-state index contributed by atoms with van der Waals surface area (Å²) in [6.07, 6.45) is 1.37. The molecular formula is C22H24N4O2S. The van der Waals surface area contributed by atoms with Gasteiger partial charge in [-0.25, -0.2) is 0 Å². The molecule has 0 unspecified atom stereocenters. The average Bonchev–Trinajstić information content (AvgIpc) is 3.18. The molecule has 2 aromatic carbocycles. The fraction of sp³-hybridized carbons (Fsp3) is 0.364. The summed E-state index contributed by atoms with van der Waals surface area (Å²) >= 11 is 1.58. The summed E-state index contributed by atoms with van der Waals surface area (Å²) in [6.45, 7) is 5.53. The number of nitrogens with zero attached hydrogens (tertiary/aromatic N) is 3. The Balaban J connectivity index is 1.12. The van der Waals surface area contributed by atoms with Crippen molar-refractivity contribution < 1.29 is 9.53 Å². The second-order valence-electron chi connectivity index (χ2n) is 7.55. The summed E-state index contributed by atoms with van der Waals surface area (Å²) in [4.78, 5) is 16.4. The van der Waals surface area contributed by atoms with Crippen LogP contribution in [0.15, 0.2) is 42.5 Å². The van der Waals surface area contributed by atoms with Crippen molar-refractivity contribution in [3.63, 3.8) is 0 Å². The lowest BCUT2D eigenvalue weighted by Gasteiger charge is -2.35. The van der Waals surface area contributed by atoms with Gasteiger partial charge < -0.3 is 15.0 Å². The van der Waals surface area contributed by atoms with Crippen molar-refractivity contribution in [1.82, 2.24) is 9.27 Å². The summed E-state index contributed by atoms with van der Waals surface area (Å²) < 4.78 is 11.9. The molecule has 0 aliphatic carbocycles. The molecule has 3 heterocycles. The predicted octanol–water partition coefficient (Wildman–Crippen LogP) is 3.38. The highest BCUT2D eigenvalue weighted by molar-refractivity contribution is 7.13. The SMILES string of the molecule is O=C1CCc2ccc(OCCN3CCN(c4nsc5ccccc45)CC3)cc2N1. The highest BCUT2D eigenvalue weighted by Crippen LogP contribution is 2.30. The Bertz CT molecular complexity index is 1030. The van der Waals surface area contributed by atoms with Gasteiger partial charge in [0, 0.05) is 56.3 Å². The van der Waals surface area contributed by atoms with Gasteiger partial charge in [-0.05, 0) is 41.7 Å². The lowest BCUT2D eigenvalue weighted by Crippen LogP contribution is -2.47. The molecule has 0 atom stereocenters. The predicted molar refractivity (Wildman–Crippen MR) is 117 cm³/mol. The summed E-state index contributed by atoms with van der Waals surface area (Å²) in [7, 11) is 0. The number of ether oxygens (including phenoxy) is 1. The van der Waals surface area contributed by atoms with E-state index in [0.717, 1.165) is 56.4 Å². The minimum Gasteiger partial charge on any atom is -0.492 e. The number of benzene rings is 2. The molecule has 1 saturated heterocycles. The number of nitrogens with one attached hydrogen (secondary N) is 1. The highest BCUT2D eigenvalue weighted by atomic mass is 32.1. The van der Waals surface area contributed by atoms with Gasteiger partial charge >= 0.3 is 0 Å². The number of rotatable bonds is 5. The first-order valence-electron chi connectivity index (χ1n) is 10.1. The van der Waals surface area contributed by atoms with Crippen LogP contribution in [0.3, 0.4) is 0 Å². The molecule has 1 aromatic heterocycles. The zero-order valence-electron chi connectivity index (χ0n) is 16.3. The van der Waals surface area contributed by atoms with Crippen LogP contribution >= 0.6 is 11.5 Å². The molecule has 29 heavy (non-hydrogen) atoms. The monoisotopic (exact) mass is 408 g/mol. The lowest BCUT2D eigenvalue weighted by atomic mass is 10.0. The summed E-state index contributed by atoms with van der Waals surface area (Å²) in [5.74, 6) is 2.02. The van der Waals surface area contributed by atoms with Crippen molar-refractivity contribution in [3.8, 4) is 5.75 Å². The number of carbonyl (C=O) groups is 1. The maximum absolute atomic E-state index is 11.6. The molecule has 0 spiro atoms. The van der Waals surface area contributed by atoms with Gasteiger partial charge in [0.1, 0.15) is 18.2 Å². The summed E-state index contributed by atoms with van der Waals surface area (Å²) in [6, 6.07) is 14.4. The lowest BCUT2D eigenvalue weighted by molar-refractivity contribution is -0.116. The Hall–Kier alpha value is -2.64. The Labute approximate surface area is 174 Å². The van der Waals surface area contributed by atoms with Crippen LogP contribution in [0.5, 0.6) is 5.75 Å². The van der Waals surface area contributed by atoms with Gasteiger partial charge in [-0.3, -0.25) is 9.69 Å². The van der Waals surface area contributed by atoms with E-state index >= 15 is 0 Å². The molecule has 0 bridgehead atoms. The van der Waals surface area contributed by atoms with E-state index in [1.54, 1.807) is 11.5 Å². The van der Waals surface area contributed by atoms with Crippen molar-refractivity contribution in [2.24, 2.45) is 0 Å². The zero-order chi connectivity index (χ0) is 19.6. The molecule has 1 amide bonds. The minimum atomic E-state index is 0.0837. The Morgan fingerprint density at radius 1 is 1.07 bits per heavy atom. The molecule has 2 aliphatic heterocycles. The number of fused-ring (bicyclic) bond motifs is 2. The number of amides is 1. The normalized spacial score (nSPS) is 17.2. The first-order valence-corrected chi connectivity index (χ1v) is 10.9. The van der Waals surface area contributed by atoms with Crippen LogP contribution in [0, 0.1) is 0 Å². The van der Waals surface area contributed by atoms with Crippen LogP contribution in [0.1, 0.15) is 12.0 Å². The van der Waals surface area contributed by atoms with Crippen LogP contribution in [-0.4, -0.2) is 54.5 Å². The molecular weight excluding hydrogens is 384 g/mol. The molecule has 6 nitrogen and oxygen atoms in total.